The van der Waals surface area contributed by atoms with Gasteiger partial charge in [0, 0.05) is 44.8 Å². The lowest BCUT2D eigenvalue weighted by Crippen LogP contribution is -2.54. The van der Waals surface area contributed by atoms with Gasteiger partial charge in [-0.05, 0) is 31.0 Å². The highest BCUT2D eigenvalue weighted by Gasteiger charge is 2.45. The minimum Gasteiger partial charge on any atom is -0.459 e. The van der Waals surface area contributed by atoms with Crippen molar-refractivity contribution in [1.29, 1.82) is 0 Å². The first kappa shape index (κ1) is 17.1. The molecular weight excluding hydrogens is 348 g/mol. The molecule has 9 nitrogen and oxygen atoms in total. The van der Waals surface area contributed by atoms with Gasteiger partial charge in [0.15, 0.2) is 11.6 Å². The molecule has 2 amide bonds. The van der Waals surface area contributed by atoms with Gasteiger partial charge in [-0.15, -0.1) is 0 Å². The summed E-state index contributed by atoms with van der Waals surface area (Å²) in [7, 11) is 1.79. The molecule has 0 aliphatic carbocycles. The molecule has 0 saturated carbocycles. The first-order valence-electron chi connectivity index (χ1n) is 8.72. The van der Waals surface area contributed by atoms with Crippen LogP contribution in [0.1, 0.15) is 23.4 Å². The minimum atomic E-state index is -0.874. The van der Waals surface area contributed by atoms with Crippen molar-refractivity contribution in [3.05, 3.63) is 54.9 Å². The zero-order chi connectivity index (χ0) is 18.9. The molecule has 1 N–H and O–H groups in total. The molecule has 4 rings (SSSR count). The van der Waals surface area contributed by atoms with Crippen LogP contribution < -0.4 is 5.32 Å². The maximum absolute atomic E-state index is 13.2. The Hall–Kier alpha value is -3.36. The van der Waals surface area contributed by atoms with E-state index in [4.69, 9.17) is 4.42 Å². The number of piperidine rings is 1. The smallest absolute Gasteiger partial charge is 0.289 e. The second-order valence-electron chi connectivity index (χ2n) is 6.58. The standard InChI is InChI=1S/C18H20N6O3/c1-22-10-5-15(21-22)20-17(26)18(24-9-3-8-19-24)6-11-23(12-7-18)16(25)14-4-2-13-27-14/h2-5,8-10,13H,6-7,11-12H2,1H3,(H,20,21,26). The van der Waals surface area contributed by atoms with Gasteiger partial charge in [0.2, 0.25) is 0 Å². The number of likely N-dealkylation sites (tertiary alicyclic amines) is 1. The summed E-state index contributed by atoms with van der Waals surface area (Å²) in [5.74, 6) is 0.442. The lowest BCUT2D eigenvalue weighted by Gasteiger charge is -2.40. The number of hydrogen-bond acceptors (Lipinski definition) is 5. The first-order valence-corrected chi connectivity index (χ1v) is 8.72. The van der Waals surface area contributed by atoms with Crippen LogP contribution in [0.25, 0.3) is 0 Å². The van der Waals surface area contributed by atoms with Crippen LogP contribution in [0, 0.1) is 0 Å². The van der Waals surface area contributed by atoms with Crippen LogP contribution in [0.4, 0.5) is 5.82 Å². The van der Waals surface area contributed by atoms with Crippen LogP contribution in [0.15, 0.2) is 53.5 Å². The summed E-state index contributed by atoms with van der Waals surface area (Å²) in [5.41, 5.74) is -0.874. The molecule has 1 aliphatic heterocycles. The topological polar surface area (TPSA) is 98.2 Å². The molecule has 1 saturated heterocycles. The lowest BCUT2D eigenvalue weighted by molar-refractivity contribution is -0.127. The second-order valence-corrected chi connectivity index (χ2v) is 6.58. The number of nitrogens with zero attached hydrogens (tertiary/aromatic N) is 5. The number of rotatable bonds is 4. The molecule has 0 atom stereocenters. The fourth-order valence-corrected chi connectivity index (χ4v) is 3.43. The van der Waals surface area contributed by atoms with Gasteiger partial charge < -0.3 is 14.6 Å². The Morgan fingerprint density at radius 3 is 2.59 bits per heavy atom. The van der Waals surface area contributed by atoms with Crippen LogP contribution in [-0.2, 0) is 17.4 Å². The zero-order valence-corrected chi connectivity index (χ0v) is 14.9. The highest BCUT2D eigenvalue weighted by atomic mass is 16.3. The quantitative estimate of drug-likeness (QED) is 0.752. The summed E-state index contributed by atoms with van der Waals surface area (Å²) < 4.78 is 8.51. The summed E-state index contributed by atoms with van der Waals surface area (Å²) >= 11 is 0. The van der Waals surface area contributed by atoms with E-state index in [2.05, 4.69) is 15.5 Å². The van der Waals surface area contributed by atoms with E-state index < -0.39 is 5.54 Å². The molecule has 3 aromatic heterocycles. The van der Waals surface area contributed by atoms with Crippen molar-refractivity contribution in [3.8, 4) is 0 Å². The maximum atomic E-state index is 13.2. The summed E-state index contributed by atoms with van der Waals surface area (Å²) in [5, 5.41) is 11.4. The molecule has 9 heteroatoms. The van der Waals surface area contributed by atoms with Crippen molar-refractivity contribution in [2.24, 2.45) is 7.05 Å². The number of amides is 2. The lowest BCUT2D eigenvalue weighted by atomic mass is 9.86. The molecule has 27 heavy (non-hydrogen) atoms. The summed E-state index contributed by atoms with van der Waals surface area (Å²) in [4.78, 5) is 27.4. The average Bonchev–Trinajstić information content (AvgIpc) is 3.44. The summed E-state index contributed by atoms with van der Waals surface area (Å²) in [6, 6.07) is 6.86. The molecule has 140 valence electrons. The van der Waals surface area contributed by atoms with Crippen molar-refractivity contribution in [2.75, 3.05) is 18.4 Å². The van der Waals surface area contributed by atoms with Crippen molar-refractivity contribution in [1.82, 2.24) is 24.5 Å². The van der Waals surface area contributed by atoms with Gasteiger partial charge >= 0.3 is 0 Å². The Kier molecular flexibility index (Phi) is 4.27. The molecule has 0 unspecified atom stereocenters. The van der Waals surface area contributed by atoms with E-state index in [1.54, 1.807) is 64.2 Å². The molecular formula is C18H20N6O3. The third kappa shape index (κ3) is 3.12. The Balaban J connectivity index is 1.54. The summed E-state index contributed by atoms with van der Waals surface area (Å²) in [6.45, 7) is 0.851. The minimum absolute atomic E-state index is 0.167. The molecule has 0 aromatic carbocycles. The van der Waals surface area contributed by atoms with Crippen molar-refractivity contribution < 1.29 is 14.0 Å². The first-order chi connectivity index (χ1) is 13.1. The van der Waals surface area contributed by atoms with Gasteiger partial charge in [0.05, 0.1) is 6.26 Å². The normalized spacial score (nSPS) is 16.3. The highest BCUT2D eigenvalue weighted by Crippen LogP contribution is 2.32. The predicted molar refractivity (Wildman–Crippen MR) is 95.9 cm³/mol. The van der Waals surface area contributed by atoms with Crippen molar-refractivity contribution in [3.63, 3.8) is 0 Å². The van der Waals surface area contributed by atoms with Gasteiger partial charge in [-0.25, -0.2) is 0 Å². The van der Waals surface area contributed by atoms with Crippen LogP contribution in [0.5, 0.6) is 0 Å². The van der Waals surface area contributed by atoms with E-state index in [1.807, 2.05) is 0 Å². The average molecular weight is 368 g/mol. The largest absolute Gasteiger partial charge is 0.459 e. The van der Waals surface area contributed by atoms with Crippen LogP contribution in [0.2, 0.25) is 0 Å². The van der Waals surface area contributed by atoms with E-state index in [0.717, 1.165) is 0 Å². The van der Waals surface area contributed by atoms with Gasteiger partial charge in [-0.1, -0.05) is 0 Å². The molecule has 1 fully saturated rings. The number of carbonyl (C=O) groups is 2. The third-order valence-electron chi connectivity index (χ3n) is 4.93. The van der Waals surface area contributed by atoms with E-state index in [1.165, 1.54) is 6.26 Å². The number of carbonyl (C=O) groups excluding carboxylic acids is 2. The van der Waals surface area contributed by atoms with Gasteiger partial charge in [-0.3, -0.25) is 19.0 Å². The van der Waals surface area contributed by atoms with E-state index in [-0.39, 0.29) is 11.8 Å². The number of aryl methyl sites for hydroxylation is 1. The van der Waals surface area contributed by atoms with Crippen LogP contribution in [-0.4, -0.2) is 49.4 Å². The third-order valence-corrected chi connectivity index (χ3v) is 4.93. The van der Waals surface area contributed by atoms with Crippen molar-refractivity contribution in [2.45, 2.75) is 18.4 Å². The zero-order valence-electron chi connectivity index (χ0n) is 14.9. The second kappa shape index (κ2) is 6.75. The van der Waals surface area contributed by atoms with Gasteiger partial charge in [-0.2, -0.15) is 10.2 Å². The van der Waals surface area contributed by atoms with E-state index in [0.29, 0.717) is 37.5 Å². The Morgan fingerprint density at radius 1 is 1.19 bits per heavy atom. The Morgan fingerprint density at radius 2 is 2.00 bits per heavy atom. The molecule has 0 spiro atoms. The SMILES string of the molecule is Cn1ccc(NC(=O)C2(n3cccn3)CCN(C(=O)c3ccco3)CC2)n1. The van der Waals surface area contributed by atoms with Crippen LogP contribution in [0.3, 0.4) is 0 Å². The fraction of sp³-hybridized carbons (Fsp3) is 0.333. The fourth-order valence-electron chi connectivity index (χ4n) is 3.43. The number of hydrogen-bond donors (Lipinski definition) is 1. The monoisotopic (exact) mass is 368 g/mol. The molecule has 0 radical (unpaired) electrons. The van der Waals surface area contributed by atoms with E-state index >= 15 is 0 Å². The highest BCUT2D eigenvalue weighted by molar-refractivity contribution is 5.96. The molecule has 4 heterocycles. The van der Waals surface area contributed by atoms with Crippen molar-refractivity contribution >= 4 is 17.6 Å². The number of aromatic nitrogens is 4. The molecule has 3 aromatic rings. The van der Waals surface area contributed by atoms with Crippen LogP contribution >= 0.6 is 0 Å². The molecule has 0 bridgehead atoms. The van der Waals surface area contributed by atoms with Gasteiger partial charge in [0.1, 0.15) is 5.54 Å². The number of anilines is 1. The Bertz CT molecular complexity index is 920. The summed E-state index contributed by atoms with van der Waals surface area (Å²) in [6.07, 6.45) is 7.56. The van der Waals surface area contributed by atoms with Gasteiger partial charge in [0.25, 0.3) is 11.8 Å². The number of nitrogens with one attached hydrogen (secondary N) is 1. The predicted octanol–water partition coefficient (Wildman–Crippen LogP) is 1.48. The maximum Gasteiger partial charge on any atom is 0.289 e. The Labute approximate surface area is 155 Å². The molecule has 1 aliphatic rings. The number of furan rings is 1. The van der Waals surface area contributed by atoms with E-state index in [9.17, 15) is 9.59 Å².